The molecule has 3 N–H and O–H groups in total. The number of pyridine rings is 1. The standard InChI is InChI=1S/C11H12F3N7O/c1-2-21(5-7-17-19-20-18-7)10(22)8-6(11(12,13)14)3-4-16-9(8)15/h3-4H,2,5H2,1H3,(H2,15,16)(H,17,18,19,20). The average molecular weight is 315 g/mol. The van der Waals surface area contributed by atoms with Gasteiger partial charge in [-0.05, 0) is 13.0 Å². The number of aromatic nitrogens is 5. The first kappa shape index (κ1) is 15.7. The first-order chi connectivity index (χ1) is 10.3. The first-order valence-corrected chi connectivity index (χ1v) is 6.17. The second-order valence-electron chi connectivity index (χ2n) is 4.26. The number of hydrogen-bond donors (Lipinski definition) is 2. The third kappa shape index (κ3) is 3.13. The maximum Gasteiger partial charge on any atom is 0.417 e. The van der Waals surface area contributed by atoms with Gasteiger partial charge >= 0.3 is 6.18 Å². The van der Waals surface area contributed by atoms with Gasteiger partial charge in [0.15, 0.2) is 5.82 Å². The number of rotatable bonds is 4. The van der Waals surface area contributed by atoms with E-state index in [1.165, 1.54) is 0 Å². The number of alkyl halides is 3. The molecule has 0 saturated heterocycles. The van der Waals surface area contributed by atoms with E-state index in [1.807, 2.05) is 0 Å². The fourth-order valence-corrected chi connectivity index (χ4v) is 1.84. The molecule has 2 rings (SSSR count). The Morgan fingerprint density at radius 2 is 2.18 bits per heavy atom. The SMILES string of the molecule is CCN(Cc1nn[nH]n1)C(=O)c1c(C(F)(F)F)ccnc1N. The summed E-state index contributed by atoms with van der Waals surface area (Å²) in [6.45, 7) is 1.65. The zero-order valence-electron chi connectivity index (χ0n) is 11.4. The molecule has 0 unspecified atom stereocenters. The molecule has 0 fully saturated rings. The van der Waals surface area contributed by atoms with Gasteiger partial charge in [0.25, 0.3) is 5.91 Å². The highest BCUT2D eigenvalue weighted by Gasteiger charge is 2.37. The van der Waals surface area contributed by atoms with Crippen LogP contribution in [0.1, 0.15) is 28.7 Å². The number of hydrogen-bond acceptors (Lipinski definition) is 6. The zero-order chi connectivity index (χ0) is 16.3. The largest absolute Gasteiger partial charge is 0.417 e. The van der Waals surface area contributed by atoms with Crippen LogP contribution in [0.3, 0.4) is 0 Å². The summed E-state index contributed by atoms with van der Waals surface area (Å²) < 4.78 is 39.1. The molecule has 0 atom stereocenters. The fourth-order valence-electron chi connectivity index (χ4n) is 1.84. The van der Waals surface area contributed by atoms with Crippen LogP contribution >= 0.6 is 0 Å². The monoisotopic (exact) mass is 315 g/mol. The summed E-state index contributed by atoms with van der Waals surface area (Å²) in [6, 6.07) is 0.714. The number of nitrogen functional groups attached to an aromatic ring is 1. The molecule has 0 saturated carbocycles. The van der Waals surface area contributed by atoms with Gasteiger partial charge in [0.05, 0.1) is 17.7 Å². The van der Waals surface area contributed by atoms with Crippen molar-refractivity contribution in [1.82, 2.24) is 30.5 Å². The minimum absolute atomic E-state index is 0.0997. The van der Waals surface area contributed by atoms with Gasteiger partial charge in [0.1, 0.15) is 5.82 Å². The second-order valence-corrected chi connectivity index (χ2v) is 4.26. The van der Waals surface area contributed by atoms with Crippen LogP contribution in [0.4, 0.5) is 19.0 Å². The highest BCUT2D eigenvalue weighted by molar-refractivity contribution is 5.99. The van der Waals surface area contributed by atoms with E-state index in [1.54, 1.807) is 6.92 Å². The molecule has 8 nitrogen and oxygen atoms in total. The number of tetrazole rings is 1. The van der Waals surface area contributed by atoms with Crippen molar-refractivity contribution in [2.45, 2.75) is 19.6 Å². The smallest absolute Gasteiger partial charge is 0.383 e. The third-order valence-electron chi connectivity index (χ3n) is 2.89. The summed E-state index contributed by atoms with van der Waals surface area (Å²) in [4.78, 5) is 17.1. The molecule has 0 aromatic carbocycles. The Hall–Kier alpha value is -2.72. The van der Waals surface area contributed by atoms with Crippen molar-refractivity contribution in [3.8, 4) is 0 Å². The fraction of sp³-hybridized carbons (Fsp3) is 0.364. The van der Waals surface area contributed by atoms with Crippen LogP contribution in [-0.2, 0) is 12.7 Å². The number of amides is 1. The van der Waals surface area contributed by atoms with E-state index in [4.69, 9.17) is 5.73 Å². The Morgan fingerprint density at radius 3 is 2.73 bits per heavy atom. The predicted octanol–water partition coefficient (Wildman–Crippen LogP) is 0.858. The lowest BCUT2D eigenvalue weighted by molar-refractivity contribution is -0.138. The first-order valence-electron chi connectivity index (χ1n) is 6.17. The second kappa shape index (κ2) is 5.95. The topological polar surface area (TPSA) is 114 Å². The van der Waals surface area contributed by atoms with Crippen molar-refractivity contribution in [2.75, 3.05) is 12.3 Å². The molecule has 0 radical (unpaired) electrons. The number of nitrogens with two attached hydrogens (primary N) is 1. The van der Waals surface area contributed by atoms with Crippen LogP contribution in [0.15, 0.2) is 12.3 Å². The minimum atomic E-state index is -4.71. The van der Waals surface area contributed by atoms with Crippen LogP contribution in [0.5, 0.6) is 0 Å². The van der Waals surface area contributed by atoms with Gasteiger partial charge in [-0.25, -0.2) is 4.98 Å². The van der Waals surface area contributed by atoms with Crippen molar-refractivity contribution in [2.24, 2.45) is 0 Å². The van der Waals surface area contributed by atoms with Crippen molar-refractivity contribution in [3.63, 3.8) is 0 Å². The molecule has 0 aliphatic heterocycles. The number of halogens is 3. The lowest BCUT2D eigenvalue weighted by atomic mass is 10.1. The van der Waals surface area contributed by atoms with E-state index < -0.39 is 29.0 Å². The van der Waals surface area contributed by atoms with E-state index in [-0.39, 0.29) is 18.9 Å². The Balaban J connectivity index is 2.39. The van der Waals surface area contributed by atoms with E-state index >= 15 is 0 Å². The lowest BCUT2D eigenvalue weighted by Gasteiger charge is -2.22. The van der Waals surface area contributed by atoms with Gasteiger partial charge in [0, 0.05) is 12.7 Å². The summed E-state index contributed by atoms with van der Waals surface area (Å²) in [5.74, 6) is -1.21. The molecule has 118 valence electrons. The zero-order valence-corrected chi connectivity index (χ0v) is 11.4. The number of carbonyl (C=O) groups excluding carboxylic acids is 1. The summed E-state index contributed by atoms with van der Waals surface area (Å²) in [5, 5.41) is 12.9. The molecule has 2 aromatic rings. The highest BCUT2D eigenvalue weighted by Crippen LogP contribution is 2.34. The molecule has 11 heteroatoms. The number of H-pyrrole nitrogens is 1. The average Bonchev–Trinajstić information content (AvgIpc) is 2.95. The molecular weight excluding hydrogens is 303 g/mol. The maximum absolute atomic E-state index is 13.0. The third-order valence-corrected chi connectivity index (χ3v) is 2.89. The number of aromatic amines is 1. The molecular formula is C11H12F3N7O. The molecule has 0 aliphatic rings. The molecule has 22 heavy (non-hydrogen) atoms. The van der Waals surface area contributed by atoms with Crippen molar-refractivity contribution in [1.29, 1.82) is 0 Å². The van der Waals surface area contributed by atoms with Crippen molar-refractivity contribution >= 4 is 11.7 Å². The number of nitrogens with zero attached hydrogens (tertiary/aromatic N) is 5. The van der Waals surface area contributed by atoms with Gasteiger partial charge in [-0.3, -0.25) is 4.79 Å². The normalized spacial score (nSPS) is 11.5. The molecule has 2 heterocycles. The van der Waals surface area contributed by atoms with E-state index in [0.29, 0.717) is 6.07 Å². The highest BCUT2D eigenvalue weighted by atomic mass is 19.4. The lowest BCUT2D eigenvalue weighted by Crippen LogP contribution is -2.33. The number of nitrogens with one attached hydrogen (secondary N) is 1. The summed E-state index contributed by atoms with van der Waals surface area (Å²) in [6.07, 6.45) is -3.81. The van der Waals surface area contributed by atoms with E-state index in [9.17, 15) is 18.0 Å². The van der Waals surface area contributed by atoms with Gasteiger partial charge in [-0.1, -0.05) is 5.21 Å². The summed E-state index contributed by atoms with van der Waals surface area (Å²) >= 11 is 0. The minimum Gasteiger partial charge on any atom is -0.383 e. The quantitative estimate of drug-likeness (QED) is 0.865. The Morgan fingerprint density at radius 1 is 1.45 bits per heavy atom. The van der Waals surface area contributed by atoms with Crippen LogP contribution in [0, 0.1) is 0 Å². The Bertz CT molecular complexity index is 656. The van der Waals surface area contributed by atoms with Crippen LogP contribution in [0.25, 0.3) is 0 Å². The molecule has 0 spiro atoms. The molecule has 2 aromatic heterocycles. The molecule has 0 aliphatic carbocycles. The maximum atomic E-state index is 13.0. The predicted molar refractivity (Wildman–Crippen MR) is 68.2 cm³/mol. The number of anilines is 1. The van der Waals surface area contributed by atoms with Gasteiger partial charge < -0.3 is 10.6 Å². The summed E-state index contributed by atoms with van der Waals surface area (Å²) in [5.41, 5.74) is 3.67. The van der Waals surface area contributed by atoms with Crippen LogP contribution in [-0.4, -0.2) is 43.0 Å². The van der Waals surface area contributed by atoms with Crippen LogP contribution < -0.4 is 5.73 Å². The van der Waals surface area contributed by atoms with Gasteiger partial charge in [-0.15, -0.1) is 10.2 Å². The molecule has 1 amide bonds. The van der Waals surface area contributed by atoms with Crippen molar-refractivity contribution < 1.29 is 18.0 Å². The van der Waals surface area contributed by atoms with Crippen LogP contribution in [0.2, 0.25) is 0 Å². The van der Waals surface area contributed by atoms with Gasteiger partial charge in [-0.2, -0.15) is 18.4 Å². The number of carbonyl (C=O) groups is 1. The van der Waals surface area contributed by atoms with E-state index in [0.717, 1.165) is 11.1 Å². The summed E-state index contributed by atoms with van der Waals surface area (Å²) in [7, 11) is 0. The van der Waals surface area contributed by atoms with Gasteiger partial charge in [0.2, 0.25) is 0 Å². The van der Waals surface area contributed by atoms with Crippen molar-refractivity contribution in [3.05, 3.63) is 29.2 Å². The van der Waals surface area contributed by atoms with E-state index in [2.05, 4.69) is 25.6 Å². The Kier molecular flexibility index (Phi) is 4.24. The Labute approximate surface area is 122 Å². The molecule has 0 bridgehead atoms.